The van der Waals surface area contributed by atoms with E-state index in [9.17, 15) is 18.0 Å². The number of nitrogens with zero attached hydrogens (tertiary/aromatic N) is 6. The second-order valence-corrected chi connectivity index (χ2v) is 7.12. The van der Waals surface area contributed by atoms with Gasteiger partial charge in [0.25, 0.3) is 0 Å². The molecule has 0 aliphatic carbocycles. The number of aryl methyl sites for hydroxylation is 2. The van der Waals surface area contributed by atoms with Gasteiger partial charge in [0.05, 0.1) is 12.1 Å². The first-order valence-corrected chi connectivity index (χ1v) is 8.63. The van der Waals surface area contributed by atoms with Gasteiger partial charge in [0.15, 0.2) is 5.65 Å². The molecule has 27 heavy (non-hydrogen) atoms. The van der Waals surface area contributed by atoms with Crippen molar-refractivity contribution in [1.82, 2.24) is 29.1 Å². The SMILES string of the molecule is Cn1cc(Cn2c(=O)n(C)c3ncc(-c4ccc(C(F)(F)F)s4)cc32)nn1. The first kappa shape index (κ1) is 17.5. The number of alkyl halides is 3. The van der Waals surface area contributed by atoms with E-state index in [1.807, 2.05) is 0 Å². The number of pyridine rings is 1. The van der Waals surface area contributed by atoms with E-state index in [-0.39, 0.29) is 12.2 Å². The van der Waals surface area contributed by atoms with Gasteiger partial charge in [-0.05, 0) is 18.2 Å². The number of imidazole rings is 1. The van der Waals surface area contributed by atoms with E-state index < -0.39 is 11.1 Å². The highest BCUT2D eigenvalue weighted by atomic mass is 32.1. The highest BCUT2D eigenvalue weighted by Gasteiger charge is 2.32. The maximum Gasteiger partial charge on any atom is 0.425 e. The largest absolute Gasteiger partial charge is 0.425 e. The van der Waals surface area contributed by atoms with Gasteiger partial charge in [-0.2, -0.15) is 13.2 Å². The van der Waals surface area contributed by atoms with Crippen LogP contribution < -0.4 is 5.69 Å². The molecule has 0 bridgehead atoms. The lowest BCUT2D eigenvalue weighted by atomic mass is 10.2. The molecule has 4 aromatic heterocycles. The third-order valence-corrected chi connectivity index (χ3v) is 5.29. The molecule has 0 aliphatic rings. The van der Waals surface area contributed by atoms with Crippen molar-refractivity contribution < 1.29 is 13.2 Å². The van der Waals surface area contributed by atoms with Gasteiger partial charge >= 0.3 is 11.9 Å². The third-order valence-electron chi connectivity index (χ3n) is 4.11. The normalized spacial score (nSPS) is 12.2. The lowest BCUT2D eigenvalue weighted by Gasteiger charge is -2.03. The molecule has 4 heterocycles. The van der Waals surface area contributed by atoms with Gasteiger partial charge < -0.3 is 0 Å². The van der Waals surface area contributed by atoms with Crippen LogP contribution in [0.2, 0.25) is 0 Å². The number of aromatic nitrogens is 6. The molecule has 4 rings (SSSR count). The van der Waals surface area contributed by atoms with E-state index in [1.54, 1.807) is 26.4 Å². The molecule has 0 radical (unpaired) electrons. The molecular weight excluding hydrogens is 381 g/mol. The van der Waals surface area contributed by atoms with E-state index in [0.717, 1.165) is 6.07 Å². The van der Waals surface area contributed by atoms with Crippen LogP contribution in [0.5, 0.6) is 0 Å². The summed E-state index contributed by atoms with van der Waals surface area (Å²) in [5.41, 5.74) is 1.78. The molecule has 0 saturated carbocycles. The maximum atomic E-state index is 12.9. The van der Waals surface area contributed by atoms with Crippen LogP contribution in [-0.2, 0) is 26.8 Å². The highest BCUT2D eigenvalue weighted by Crippen LogP contribution is 2.38. The summed E-state index contributed by atoms with van der Waals surface area (Å²) in [6.45, 7) is 0.188. The average molecular weight is 394 g/mol. The van der Waals surface area contributed by atoms with Crippen molar-refractivity contribution in [2.75, 3.05) is 0 Å². The molecule has 0 amide bonds. The number of hydrogen-bond acceptors (Lipinski definition) is 5. The predicted molar refractivity (Wildman–Crippen MR) is 93.4 cm³/mol. The predicted octanol–water partition coefficient (Wildman–Crippen LogP) is 2.66. The second-order valence-electron chi connectivity index (χ2n) is 6.04. The van der Waals surface area contributed by atoms with Gasteiger partial charge in [-0.25, -0.2) is 9.78 Å². The molecule has 0 aliphatic heterocycles. The van der Waals surface area contributed by atoms with Crippen molar-refractivity contribution in [1.29, 1.82) is 0 Å². The Morgan fingerprint density at radius 1 is 1.22 bits per heavy atom. The van der Waals surface area contributed by atoms with E-state index in [2.05, 4.69) is 15.3 Å². The summed E-state index contributed by atoms with van der Waals surface area (Å²) in [6.07, 6.45) is -1.22. The summed E-state index contributed by atoms with van der Waals surface area (Å²) < 4.78 is 43.0. The first-order chi connectivity index (χ1) is 12.7. The quantitative estimate of drug-likeness (QED) is 0.536. The van der Waals surface area contributed by atoms with E-state index in [1.165, 1.54) is 26.1 Å². The van der Waals surface area contributed by atoms with Crippen LogP contribution in [0.25, 0.3) is 21.6 Å². The van der Waals surface area contributed by atoms with Gasteiger partial charge in [-0.1, -0.05) is 5.21 Å². The summed E-state index contributed by atoms with van der Waals surface area (Å²) in [7, 11) is 3.31. The van der Waals surface area contributed by atoms with E-state index >= 15 is 0 Å². The zero-order chi connectivity index (χ0) is 19.3. The van der Waals surface area contributed by atoms with Crippen molar-refractivity contribution in [3.8, 4) is 10.4 Å². The molecule has 4 aromatic rings. The second kappa shape index (κ2) is 6.05. The van der Waals surface area contributed by atoms with E-state index in [0.29, 0.717) is 38.6 Å². The number of hydrogen-bond donors (Lipinski definition) is 0. The Morgan fingerprint density at radius 2 is 2.00 bits per heavy atom. The summed E-state index contributed by atoms with van der Waals surface area (Å²) in [5, 5.41) is 7.82. The third kappa shape index (κ3) is 3.03. The van der Waals surface area contributed by atoms with Crippen molar-refractivity contribution in [2.45, 2.75) is 12.7 Å². The molecule has 140 valence electrons. The Labute approximate surface area is 154 Å². The van der Waals surface area contributed by atoms with Gasteiger partial charge in [0.2, 0.25) is 0 Å². The molecule has 11 heteroatoms. The maximum absolute atomic E-state index is 12.9. The topological polar surface area (TPSA) is 70.5 Å². The zero-order valence-corrected chi connectivity index (χ0v) is 15.0. The fourth-order valence-corrected chi connectivity index (χ4v) is 3.69. The number of fused-ring (bicyclic) bond motifs is 1. The van der Waals surface area contributed by atoms with Crippen LogP contribution in [0.15, 0.2) is 35.4 Å². The minimum atomic E-state index is -4.39. The van der Waals surface area contributed by atoms with Gasteiger partial charge in [0.1, 0.15) is 10.6 Å². The van der Waals surface area contributed by atoms with Crippen LogP contribution >= 0.6 is 11.3 Å². The van der Waals surface area contributed by atoms with Crippen molar-refractivity contribution in [2.24, 2.45) is 14.1 Å². The Hall–Kier alpha value is -2.95. The van der Waals surface area contributed by atoms with Crippen LogP contribution in [-0.4, -0.2) is 29.1 Å². The number of halogens is 3. The van der Waals surface area contributed by atoms with Crippen LogP contribution in [0.3, 0.4) is 0 Å². The standard InChI is InChI=1S/C16H13F3N6OS/c1-23-7-10(21-22-23)8-25-11-5-9(6-20-14(11)24(2)15(25)26)12-3-4-13(27-12)16(17,18)19/h3-7H,8H2,1-2H3. The molecule has 7 nitrogen and oxygen atoms in total. The zero-order valence-electron chi connectivity index (χ0n) is 14.2. The first-order valence-electron chi connectivity index (χ1n) is 7.82. The van der Waals surface area contributed by atoms with Gasteiger partial charge in [0, 0.05) is 36.9 Å². The highest BCUT2D eigenvalue weighted by molar-refractivity contribution is 7.15. The summed E-state index contributed by atoms with van der Waals surface area (Å²) >= 11 is 0.641. The minimum absolute atomic E-state index is 0.188. The average Bonchev–Trinajstić information content (AvgIpc) is 3.31. The molecule has 0 N–H and O–H groups in total. The number of thiophene rings is 1. The Balaban J connectivity index is 1.82. The van der Waals surface area contributed by atoms with Crippen molar-refractivity contribution in [3.05, 3.63) is 51.6 Å². The molecular formula is C16H13F3N6OS. The van der Waals surface area contributed by atoms with Crippen molar-refractivity contribution >= 4 is 22.5 Å². The fraction of sp³-hybridized carbons (Fsp3) is 0.250. The Bertz CT molecular complexity index is 1200. The smallest absolute Gasteiger partial charge is 0.284 e. The van der Waals surface area contributed by atoms with Crippen molar-refractivity contribution in [3.63, 3.8) is 0 Å². The lowest BCUT2D eigenvalue weighted by molar-refractivity contribution is -0.134. The lowest BCUT2D eigenvalue weighted by Crippen LogP contribution is -2.22. The minimum Gasteiger partial charge on any atom is -0.284 e. The van der Waals surface area contributed by atoms with Gasteiger partial charge in [-0.15, -0.1) is 16.4 Å². The van der Waals surface area contributed by atoms with Crippen LogP contribution in [0.1, 0.15) is 10.6 Å². The summed E-state index contributed by atoms with van der Waals surface area (Å²) in [5.74, 6) is 0. The summed E-state index contributed by atoms with van der Waals surface area (Å²) in [4.78, 5) is 16.6. The van der Waals surface area contributed by atoms with Crippen LogP contribution in [0, 0.1) is 0 Å². The number of rotatable bonds is 3. The Morgan fingerprint density at radius 3 is 2.63 bits per heavy atom. The summed E-state index contributed by atoms with van der Waals surface area (Å²) in [6, 6.07) is 4.12. The Kier molecular flexibility index (Phi) is 3.91. The molecule has 0 unspecified atom stereocenters. The monoisotopic (exact) mass is 394 g/mol. The molecule has 0 atom stereocenters. The van der Waals surface area contributed by atoms with Crippen LogP contribution in [0.4, 0.5) is 13.2 Å². The van der Waals surface area contributed by atoms with E-state index in [4.69, 9.17) is 0 Å². The molecule has 0 fully saturated rings. The molecule has 0 spiro atoms. The molecule has 0 saturated heterocycles. The molecule has 0 aromatic carbocycles. The van der Waals surface area contributed by atoms with Gasteiger partial charge in [-0.3, -0.25) is 13.8 Å². The fourth-order valence-electron chi connectivity index (χ4n) is 2.84.